The summed E-state index contributed by atoms with van der Waals surface area (Å²) in [6.07, 6.45) is 8.10. The van der Waals surface area contributed by atoms with E-state index in [2.05, 4.69) is 30.9 Å². The number of rotatable bonds is 3. The molecule has 6 nitrogen and oxygen atoms in total. The Morgan fingerprint density at radius 3 is 3.05 bits per heavy atom. The van der Waals surface area contributed by atoms with Crippen molar-refractivity contribution in [1.29, 1.82) is 0 Å². The van der Waals surface area contributed by atoms with Gasteiger partial charge in [-0.25, -0.2) is 9.97 Å². The van der Waals surface area contributed by atoms with E-state index in [1.165, 1.54) is 6.33 Å². The molecule has 2 aromatic heterocycles. The van der Waals surface area contributed by atoms with E-state index < -0.39 is 0 Å². The summed E-state index contributed by atoms with van der Waals surface area (Å²) in [5, 5.41) is 0. The van der Waals surface area contributed by atoms with E-state index >= 15 is 0 Å². The van der Waals surface area contributed by atoms with Gasteiger partial charge in [0.15, 0.2) is 0 Å². The van der Waals surface area contributed by atoms with Crippen molar-refractivity contribution >= 4 is 21.8 Å². The van der Waals surface area contributed by atoms with E-state index in [4.69, 9.17) is 4.74 Å². The van der Waals surface area contributed by atoms with Crippen LogP contribution in [0.3, 0.4) is 0 Å². The molecule has 0 unspecified atom stereocenters. The fraction of sp³-hybridized carbons (Fsp3) is 0.333. The van der Waals surface area contributed by atoms with E-state index in [0.29, 0.717) is 18.0 Å². The summed E-state index contributed by atoms with van der Waals surface area (Å²) in [7, 11) is 0. The molecule has 1 fully saturated rings. The lowest BCUT2D eigenvalue weighted by Gasteiger charge is -2.32. The number of piperidine rings is 1. The van der Waals surface area contributed by atoms with Crippen molar-refractivity contribution in [2.75, 3.05) is 13.1 Å². The second kappa shape index (κ2) is 6.83. The Bertz CT molecular complexity index is 653. The predicted octanol–water partition coefficient (Wildman–Crippen LogP) is 2.32. The Labute approximate surface area is 136 Å². The van der Waals surface area contributed by atoms with Gasteiger partial charge in [0.2, 0.25) is 5.88 Å². The molecule has 1 aliphatic rings. The molecule has 1 aliphatic heterocycles. The summed E-state index contributed by atoms with van der Waals surface area (Å²) >= 11 is 3.34. The Morgan fingerprint density at radius 2 is 2.27 bits per heavy atom. The normalized spacial score (nSPS) is 18.0. The maximum absolute atomic E-state index is 12.5. The number of amides is 1. The molecule has 1 atom stereocenters. The molecule has 0 saturated carbocycles. The lowest BCUT2D eigenvalue weighted by Crippen LogP contribution is -2.44. The van der Waals surface area contributed by atoms with Crippen LogP contribution in [0, 0.1) is 0 Å². The summed E-state index contributed by atoms with van der Waals surface area (Å²) in [6.45, 7) is 1.28. The lowest BCUT2D eigenvalue weighted by molar-refractivity contribution is 0.0527. The van der Waals surface area contributed by atoms with Gasteiger partial charge in [0.05, 0.1) is 12.1 Å². The third kappa shape index (κ3) is 3.59. The number of likely N-dealkylation sites (tertiary alicyclic amines) is 1. The molecular formula is C15H15BrN4O2. The van der Waals surface area contributed by atoms with Gasteiger partial charge in [-0.1, -0.05) is 0 Å². The maximum Gasteiger partial charge on any atom is 0.255 e. The summed E-state index contributed by atoms with van der Waals surface area (Å²) in [5.41, 5.74) is 0.581. The number of aromatic nitrogens is 3. The summed E-state index contributed by atoms with van der Waals surface area (Å²) in [6, 6.07) is 3.50. The van der Waals surface area contributed by atoms with Gasteiger partial charge in [0, 0.05) is 35.7 Å². The van der Waals surface area contributed by atoms with Gasteiger partial charge in [0.1, 0.15) is 12.4 Å². The fourth-order valence-electron chi connectivity index (χ4n) is 2.45. The molecule has 0 N–H and O–H groups in total. The van der Waals surface area contributed by atoms with Crippen LogP contribution in [0.4, 0.5) is 0 Å². The largest absolute Gasteiger partial charge is 0.472 e. The van der Waals surface area contributed by atoms with Crippen molar-refractivity contribution in [2.24, 2.45) is 0 Å². The summed E-state index contributed by atoms with van der Waals surface area (Å²) < 4.78 is 6.62. The second-order valence-electron chi connectivity index (χ2n) is 5.07. The minimum absolute atomic E-state index is 0.0233. The topological polar surface area (TPSA) is 68.2 Å². The van der Waals surface area contributed by atoms with Crippen molar-refractivity contribution in [1.82, 2.24) is 19.9 Å². The average molecular weight is 363 g/mol. The van der Waals surface area contributed by atoms with Gasteiger partial charge in [0.25, 0.3) is 5.91 Å². The summed E-state index contributed by atoms with van der Waals surface area (Å²) in [5.74, 6) is 0.517. The smallest absolute Gasteiger partial charge is 0.255 e. The molecule has 0 radical (unpaired) electrons. The van der Waals surface area contributed by atoms with Crippen LogP contribution in [0.1, 0.15) is 23.2 Å². The molecule has 3 heterocycles. The second-order valence-corrected chi connectivity index (χ2v) is 5.99. The van der Waals surface area contributed by atoms with E-state index in [0.717, 1.165) is 23.9 Å². The molecule has 22 heavy (non-hydrogen) atoms. The van der Waals surface area contributed by atoms with Gasteiger partial charge >= 0.3 is 0 Å². The molecule has 2 aromatic rings. The number of hydrogen-bond donors (Lipinski definition) is 0. The van der Waals surface area contributed by atoms with Gasteiger partial charge in [-0.2, -0.15) is 0 Å². The van der Waals surface area contributed by atoms with Crippen LogP contribution >= 0.6 is 15.9 Å². The first-order valence-electron chi connectivity index (χ1n) is 7.05. The number of hydrogen-bond acceptors (Lipinski definition) is 5. The third-order valence-electron chi connectivity index (χ3n) is 3.46. The zero-order chi connectivity index (χ0) is 15.4. The highest BCUT2D eigenvalue weighted by atomic mass is 79.9. The van der Waals surface area contributed by atoms with Crippen molar-refractivity contribution in [3.63, 3.8) is 0 Å². The number of pyridine rings is 1. The quantitative estimate of drug-likeness (QED) is 0.837. The molecule has 0 aliphatic carbocycles. The van der Waals surface area contributed by atoms with Crippen LogP contribution in [0.5, 0.6) is 5.88 Å². The number of halogens is 1. The lowest BCUT2D eigenvalue weighted by atomic mass is 10.1. The van der Waals surface area contributed by atoms with E-state index in [1.54, 1.807) is 35.6 Å². The highest BCUT2D eigenvalue weighted by Gasteiger charge is 2.26. The summed E-state index contributed by atoms with van der Waals surface area (Å²) in [4.78, 5) is 26.3. The average Bonchev–Trinajstić information content (AvgIpc) is 2.55. The Morgan fingerprint density at radius 1 is 1.36 bits per heavy atom. The Kier molecular flexibility index (Phi) is 4.62. The Balaban J connectivity index is 1.66. The van der Waals surface area contributed by atoms with Crippen LogP contribution in [0.25, 0.3) is 0 Å². The SMILES string of the molecule is O=C(c1cncc(Br)c1)N1CCC[C@@H](Oc2ccncn2)C1. The van der Waals surface area contributed by atoms with Crippen molar-refractivity contribution in [3.05, 3.63) is 47.1 Å². The Hall–Kier alpha value is -2.02. The first kappa shape index (κ1) is 14.9. The number of carbonyl (C=O) groups excluding carboxylic acids is 1. The van der Waals surface area contributed by atoms with Gasteiger partial charge in [-0.15, -0.1) is 0 Å². The van der Waals surface area contributed by atoms with Gasteiger partial charge in [-0.05, 0) is 34.8 Å². The first-order chi connectivity index (χ1) is 10.7. The molecule has 0 bridgehead atoms. The molecule has 1 saturated heterocycles. The molecule has 0 aromatic carbocycles. The highest BCUT2D eigenvalue weighted by molar-refractivity contribution is 9.10. The maximum atomic E-state index is 12.5. The molecule has 1 amide bonds. The molecule has 114 valence electrons. The molecule has 3 rings (SSSR count). The minimum atomic E-state index is -0.0484. The van der Waals surface area contributed by atoms with Crippen molar-refractivity contribution in [3.8, 4) is 5.88 Å². The van der Waals surface area contributed by atoms with E-state index in [1.807, 2.05) is 0 Å². The zero-order valence-electron chi connectivity index (χ0n) is 11.9. The van der Waals surface area contributed by atoms with Gasteiger partial charge in [-0.3, -0.25) is 9.78 Å². The van der Waals surface area contributed by atoms with Crippen molar-refractivity contribution in [2.45, 2.75) is 18.9 Å². The van der Waals surface area contributed by atoms with Crippen LogP contribution in [0.15, 0.2) is 41.5 Å². The number of carbonyl (C=O) groups is 1. The zero-order valence-corrected chi connectivity index (χ0v) is 13.4. The first-order valence-corrected chi connectivity index (χ1v) is 7.84. The standard InChI is InChI=1S/C15H15BrN4O2/c16-12-6-11(7-18-8-12)15(21)20-5-1-2-13(9-20)22-14-3-4-17-10-19-14/h3-4,6-8,10,13H,1-2,5,9H2/t13-/m1/s1. The van der Waals surface area contributed by atoms with E-state index in [9.17, 15) is 4.79 Å². The molecule has 7 heteroatoms. The monoisotopic (exact) mass is 362 g/mol. The minimum Gasteiger partial charge on any atom is -0.472 e. The van der Waals surface area contributed by atoms with Crippen LogP contribution < -0.4 is 4.74 Å². The fourth-order valence-corrected chi connectivity index (χ4v) is 2.81. The number of nitrogens with zero attached hydrogens (tertiary/aromatic N) is 4. The highest BCUT2D eigenvalue weighted by Crippen LogP contribution is 2.19. The van der Waals surface area contributed by atoms with Gasteiger partial charge < -0.3 is 9.64 Å². The number of ether oxygens (including phenoxy) is 1. The van der Waals surface area contributed by atoms with Crippen LogP contribution in [-0.4, -0.2) is 45.0 Å². The third-order valence-corrected chi connectivity index (χ3v) is 3.89. The van der Waals surface area contributed by atoms with Crippen molar-refractivity contribution < 1.29 is 9.53 Å². The predicted molar refractivity (Wildman–Crippen MR) is 83.5 cm³/mol. The van der Waals surface area contributed by atoms with Crippen LogP contribution in [0.2, 0.25) is 0 Å². The molecular weight excluding hydrogens is 348 g/mol. The molecule has 0 spiro atoms. The van der Waals surface area contributed by atoms with Crippen LogP contribution in [-0.2, 0) is 0 Å². The van der Waals surface area contributed by atoms with E-state index in [-0.39, 0.29) is 12.0 Å².